The summed E-state index contributed by atoms with van der Waals surface area (Å²) in [5, 5.41) is 8.85. The lowest BCUT2D eigenvalue weighted by atomic mass is 10.2. The summed E-state index contributed by atoms with van der Waals surface area (Å²) in [6, 6.07) is 11.5. The summed E-state index contributed by atoms with van der Waals surface area (Å²) in [6.07, 6.45) is 4.27. The van der Waals surface area contributed by atoms with Gasteiger partial charge in [-0.3, -0.25) is 4.98 Å². The van der Waals surface area contributed by atoms with Crippen LogP contribution >= 0.6 is 0 Å². The lowest BCUT2D eigenvalue weighted by Crippen LogP contribution is -1.90. The highest BCUT2D eigenvalue weighted by molar-refractivity contribution is 5.76. The van der Waals surface area contributed by atoms with Gasteiger partial charge in [-0.25, -0.2) is 4.98 Å². The molecule has 3 rings (SSSR count). The minimum Gasteiger partial charge on any atom is -0.342 e. The zero-order valence-electron chi connectivity index (χ0n) is 9.59. The van der Waals surface area contributed by atoms with Crippen LogP contribution in [0.25, 0.3) is 11.0 Å². The van der Waals surface area contributed by atoms with Crippen molar-refractivity contribution in [1.29, 1.82) is 5.26 Å². The molecule has 4 nitrogen and oxygen atoms in total. The number of imidazole rings is 1. The molecule has 2 aromatic heterocycles. The molecule has 0 aliphatic rings. The van der Waals surface area contributed by atoms with Crippen LogP contribution in [0.5, 0.6) is 0 Å². The van der Waals surface area contributed by atoms with Crippen LogP contribution in [0.2, 0.25) is 0 Å². The van der Waals surface area contributed by atoms with Crippen molar-refractivity contribution in [3.8, 4) is 6.07 Å². The summed E-state index contributed by atoms with van der Waals surface area (Å²) in [7, 11) is 0. The van der Waals surface area contributed by atoms with E-state index in [1.807, 2.05) is 24.3 Å². The predicted molar refractivity (Wildman–Crippen MR) is 67.9 cm³/mol. The smallest absolute Gasteiger partial charge is 0.111 e. The van der Waals surface area contributed by atoms with Crippen molar-refractivity contribution in [3.63, 3.8) is 0 Å². The van der Waals surface area contributed by atoms with E-state index in [0.717, 1.165) is 28.8 Å². The number of pyridine rings is 1. The Hall–Kier alpha value is -2.67. The molecule has 4 heteroatoms. The highest BCUT2D eigenvalue weighted by atomic mass is 14.9. The van der Waals surface area contributed by atoms with Crippen LogP contribution in [0.4, 0.5) is 0 Å². The van der Waals surface area contributed by atoms with Gasteiger partial charge in [0.25, 0.3) is 0 Å². The molecule has 0 aliphatic heterocycles. The van der Waals surface area contributed by atoms with E-state index >= 15 is 0 Å². The van der Waals surface area contributed by atoms with Gasteiger partial charge in [0, 0.05) is 18.8 Å². The normalized spacial score (nSPS) is 10.4. The Balaban J connectivity index is 1.97. The Labute approximate surface area is 104 Å². The third-order valence-corrected chi connectivity index (χ3v) is 2.78. The maximum atomic E-state index is 8.85. The van der Waals surface area contributed by atoms with Crippen LogP contribution in [0, 0.1) is 11.3 Å². The van der Waals surface area contributed by atoms with Gasteiger partial charge in [-0.15, -0.1) is 0 Å². The van der Waals surface area contributed by atoms with Crippen molar-refractivity contribution in [3.05, 3.63) is 59.7 Å². The molecule has 0 fully saturated rings. The molecule has 1 aromatic carbocycles. The number of nitriles is 1. The van der Waals surface area contributed by atoms with Gasteiger partial charge in [0.2, 0.25) is 0 Å². The minimum atomic E-state index is 0.640. The van der Waals surface area contributed by atoms with Crippen molar-refractivity contribution in [2.75, 3.05) is 0 Å². The maximum Gasteiger partial charge on any atom is 0.111 e. The molecule has 0 radical (unpaired) electrons. The van der Waals surface area contributed by atoms with Crippen molar-refractivity contribution in [2.45, 2.75) is 6.42 Å². The summed E-state index contributed by atoms with van der Waals surface area (Å²) < 4.78 is 0. The average molecular weight is 234 g/mol. The monoisotopic (exact) mass is 234 g/mol. The van der Waals surface area contributed by atoms with Crippen LogP contribution in [-0.4, -0.2) is 15.0 Å². The fraction of sp³-hybridized carbons (Fsp3) is 0.0714. The number of aromatic amines is 1. The molecule has 0 saturated carbocycles. The predicted octanol–water partition coefficient (Wildman–Crippen LogP) is 2.42. The van der Waals surface area contributed by atoms with Crippen molar-refractivity contribution < 1.29 is 0 Å². The van der Waals surface area contributed by atoms with E-state index in [9.17, 15) is 0 Å². The zero-order valence-corrected chi connectivity index (χ0v) is 9.59. The molecule has 2 heterocycles. The van der Waals surface area contributed by atoms with Crippen molar-refractivity contribution in [1.82, 2.24) is 15.0 Å². The Kier molecular flexibility index (Phi) is 2.50. The fourth-order valence-corrected chi connectivity index (χ4v) is 1.91. The van der Waals surface area contributed by atoms with E-state index in [4.69, 9.17) is 5.26 Å². The van der Waals surface area contributed by atoms with E-state index < -0.39 is 0 Å². The second kappa shape index (κ2) is 4.30. The minimum absolute atomic E-state index is 0.640. The molecule has 0 unspecified atom stereocenters. The number of hydrogen-bond donors (Lipinski definition) is 1. The first-order chi connectivity index (χ1) is 8.85. The summed E-state index contributed by atoms with van der Waals surface area (Å²) in [4.78, 5) is 11.7. The molecule has 0 bridgehead atoms. The number of fused-ring (bicyclic) bond motifs is 1. The van der Waals surface area contributed by atoms with Gasteiger partial charge >= 0.3 is 0 Å². The number of rotatable bonds is 2. The summed E-state index contributed by atoms with van der Waals surface area (Å²) >= 11 is 0. The summed E-state index contributed by atoms with van der Waals surface area (Å²) in [5.74, 6) is 0.895. The van der Waals surface area contributed by atoms with Gasteiger partial charge in [0.05, 0.1) is 22.7 Å². The zero-order chi connectivity index (χ0) is 12.4. The fourth-order valence-electron chi connectivity index (χ4n) is 1.91. The number of aromatic nitrogens is 3. The Bertz CT molecular complexity index is 722. The number of H-pyrrole nitrogens is 1. The second-order valence-corrected chi connectivity index (χ2v) is 4.06. The average Bonchev–Trinajstić information content (AvgIpc) is 2.80. The topological polar surface area (TPSA) is 65.4 Å². The van der Waals surface area contributed by atoms with Crippen LogP contribution in [0.1, 0.15) is 17.0 Å². The SMILES string of the molecule is N#Cc1ccc2nc(Cc3ccncc3)[nH]c2c1. The van der Waals surface area contributed by atoms with Crippen LogP contribution in [0.3, 0.4) is 0 Å². The van der Waals surface area contributed by atoms with Gasteiger partial charge < -0.3 is 4.98 Å². The second-order valence-electron chi connectivity index (χ2n) is 4.06. The van der Waals surface area contributed by atoms with E-state index in [0.29, 0.717) is 5.56 Å². The van der Waals surface area contributed by atoms with Crippen LogP contribution < -0.4 is 0 Å². The van der Waals surface area contributed by atoms with Crippen LogP contribution in [0.15, 0.2) is 42.7 Å². The Morgan fingerprint density at radius 3 is 2.78 bits per heavy atom. The number of hydrogen-bond acceptors (Lipinski definition) is 3. The first-order valence-corrected chi connectivity index (χ1v) is 5.63. The quantitative estimate of drug-likeness (QED) is 0.740. The van der Waals surface area contributed by atoms with Gasteiger partial charge in [0.15, 0.2) is 0 Å². The van der Waals surface area contributed by atoms with E-state index in [1.165, 1.54) is 0 Å². The van der Waals surface area contributed by atoms with Crippen molar-refractivity contribution >= 4 is 11.0 Å². The molecular formula is C14H10N4. The van der Waals surface area contributed by atoms with Gasteiger partial charge in [0.1, 0.15) is 5.82 Å². The molecular weight excluding hydrogens is 224 g/mol. The molecule has 0 atom stereocenters. The largest absolute Gasteiger partial charge is 0.342 e. The standard InChI is InChI=1S/C14H10N4/c15-9-11-1-2-12-13(7-11)18-14(17-12)8-10-3-5-16-6-4-10/h1-7H,8H2,(H,17,18). The number of nitrogens with zero attached hydrogens (tertiary/aromatic N) is 3. The molecule has 3 aromatic rings. The molecule has 0 amide bonds. The first kappa shape index (κ1) is 10.5. The number of nitrogens with one attached hydrogen (secondary N) is 1. The van der Waals surface area contributed by atoms with Gasteiger partial charge in [-0.05, 0) is 35.9 Å². The highest BCUT2D eigenvalue weighted by Crippen LogP contribution is 2.15. The van der Waals surface area contributed by atoms with Gasteiger partial charge in [-0.1, -0.05) is 0 Å². The lowest BCUT2D eigenvalue weighted by molar-refractivity contribution is 1.03. The summed E-state index contributed by atoms with van der Waals surface area (Å²) in [5.41, 5.74) is 3.59. The highest BCUT2D eigenvalue weighted by Gasteiger charge is 2.04. The third kappa shape index (κ3) is 1.94. The molecule has 0 spiro atoms. The third-order valence-electron chi connectivity index (χ3n) is 2.78. The Morgan fingerprint density at radius 2 is 2.00 bits per heavy atom. The van der Waals surface area contributed by atoms with Crippen LogP contribution in [-0.2, 0) is 6.42 Å². The van der Waals surface area contributed by atoms with Gasteiger partial charge in [-0.2, -0.15) is 5.26 Å². The molecule has 0 saturated heterocycles. The van der Waals surface area contributed by atoms with E-state index in [2.05, 4.69) is 21.0 Å². The van der Waals surface area contributed by atoms with E-state index in [-0.39, 0.29) is 0 Å². The van der Waals surface area contributed by atoms with E-state index in [1.54, 1.807) is 18.5 Å². The summed E-state index contributed by atoms with van der Waals surface area (Å²) in [6.45, 7) is 0. The molecule has 86 valence electrons. The number of benzene rings is 1. The lowest BCUT2D eigenvalue weighted by Gasteiger charge is -1.95. The first-order valence-electron chi connectivity index (χ1n) is 5.63. The molecule has 1 N–H and O–H groups in total. The maximum absolute atomic E-state index is 8.85. The molecule has 18 heavy (non-hydrogen) atoms. The van der Waals surface area contributed by atoms with Crippen molar-refractivity contribution in [2.24, 2.45) is 0 Å². The Morgan fingerprint density at radius 1 is 1.17 bits per heavy atom. The molecule has 0 aliphatic carbocycles.